The lowest BCUT2D eigenvalue weighted by molar-refractivity contribution is 0.243. The highest BCUT2D eigenvalue weighted by Crippen LogP contribution is 2.19. The Morgan fingerprint density at radius 1 is 1.41 bits per heavy atom. The van der Waals surface area contributed by atoms with Gasteiger partial charge in [-0.25, -0.2) is 4.79 Å². The Kier molecular flexibility index (Phi) is 3.06. The minimum absolute atomic E-state index is 0.225. The molecule has 0 spiro atoms. The Morgan fingerprint density at radius 3 is 2.88 bits per heavy atom. The first-order valence-electron chi connectivity index (χ1n) is 5.82. The van der Waals surface area contributed by atoms with E-state index in [0.29, 0.717) is 5.82 Å². The number of amides is 2. The van der Waals surface area contributed by atoms with E-state index in [2.05, 4.69) is 26.1 Å². The highest BCUT2D eigenvalue weighted by molar-refractivity contribution is 5.89. The quantitative estimate of drug-likeness (QED) is 0.587. The summed E-state index contributed by atoms with van der Waals surface area (Å²) in [7, 11) is 0. The van der Waals surface area contributed by atoms with Gasteiger partial charge in [-0.1, -0.05) is 0 Å². The molecule has 94 valence electrons. The van der Waals surface area contributed by atoms with Crippen molar-refractivity contribution in [3.8, 4) is 0 Å². The zero-order valence-corrected chi connectivity index (χ0v) is 10.5. The lowest BCUT2D eigenvalue weighted by Crippen LogP contribution is -2.43. The van der Waals surface area contributed by atoms with Crippen molar-refractivity contribution in [2.75, 3.05) is 11.9 Å². The van der Waals surface area contributed by atoms with Crippen LogP contribution in [0.4, 0.5) is 10.6 Å². The molecule has 6 nitrogen and oxygen atoms in total. The van der Waals surface area contributed by atoms with Crippen molar-refractivity contribution in [3.05, 3.63) is 11.3 Å². The Labute approximate surface area is 101 Å². The van der Waals surface area contributed by atoms with Crippen LogP contribution in [-0.2, 0) is 13.0 Å². The molecule has 0 bridgehead atoms. The summed E-state index contributed by atoms with van der Waals surface area (Å²) in [5.41, 5.74) is 1.91. The summed E-state index contributed by atoms with van der Waals surface area (Å²) in [6.07, 6.45) is 0.922. The number of H-pyrrole nitrogens is 1. The Morgan fingerprint density at radius 2 is 2.18 bits per heavy atom. The van der Waals surface area contributed by atoms with E-state index in [0.717, 1.165) is 30.8 Å². The molecule has 2 rings (SSSR count). The van der Waals surface area contributed by atoms with E-state index in [4.69, 9.17) is 0 Å². The lowest BCUT2D eigenvalue weighted by Gasteiger charge is -2.20. The fraction of sp³-hybridized carbons (Fsp3) is 0.636. The van der Waals surface area contributed by atoms with Crippen molar-refractivity contribution in [1.29, 1.82) is 0 Å². The van der Waals surface area contributed by atoms with Crippen LogP contribution in [-0.4, -0.2) is 28.3 Å². The third-order valence-corrected chi connectivity index (χ3v) is 2.53. The molecule has 0 aliphatic carbocycles. The zero-order chi connectivity index (χ0) is 12.5. The van der Waals surface area contributed by atoms with Gasteiger partial charge in [0.15, 0.2) is 5.82 Å². The highest BCUT2D eigenvalue weighted by atomic mass is 16.2. The van der Waals surface area contributed by atoms with Crippen molar-refractivity contribution >= 4 is 11.8 Å². The molecule has 0 fully saturated rings. The standard InChI is InChI=1S/C11H19N5O/c1-11(2,3)14-10(17)13-9-7-6-12-5-4-8(7)15-16-9/h12H,4-6H2,1-3H3,(H3,13,14,15,16,17). The van der Waals surface area contributed by atoms with Crippen LogP contribution < -0.4 is 16.0 Å². The summed E-state index contributed by atoms with van der Waals surface area (Å²) in [6.45, 7) is 7.51. The minimum atomic E-state index is -0.251. The number of rotatable bonds is 1. The second kappa shape index (κ2) is 4.37. The van der Waals surface area contributed by atoms with Crippen LogP contribution >= 0.6 is 0 Å². The number of nitrogens with zero attached hydrogens (tertiary/aromatic N) is 1. The number of hydrogen-bond acceptors (Lipinski definition) is 3. The van der Waals surface area contributed by atoms with Gasteiger partial charge in [-0.3, -0.25) is 10.4 Å². The normalized spacial score (nSPS) is 15.2. The third kappa shape index (κ3) is 2.97. The Bertz CT molecular complexity index is 418. The van der Waals surface area contributed by atoms with Crippen LogP contribution in [0.3, 0.4) is 0 Å². The monoisotopic (exact) mass is 237 g/mol. The smallest absolute Gasteiger partial charge is 0.320 e. The van der Waals surface area contributed by atoms with Gasteiger partial charge in [0, 0.05) is 36.3 Å². The summed E-state index contributed by atoms with van der Waals surface area (Å²) in [6, 6.07) is -0.225. The summed E-state index contributed by atoms with van der Waals surface area (Å²) in [4.78, 5) is 11.7. The van der Waals surface area contributed by atoms with Crippen LogP contribution in [0.25, 0.3) is 0 Å². The average Bonchev–Trinajstić information content (AvgIpc) is 2.59. The van der Waals surface area contributed by atoms with Crippen LogP contribution in [0.2, 0.25) is 0 Å². The van der Waals surface area contributed by atoms with Gasteiger partial charge in [-0.05, 0) is 20.8 Å². The van der Waals surface area contributed by atoms with Crippen molar-refractivity contribution < 1.29 is 4.79 Å². The Balaban J connectivity index is 2.04. The fourth-order valence-corrected chi connectivity index (χ4v) is 1.81. The lowest BCUT2D eigenvalue weighted by atomic mass is 10.1. The summed E-state index contributed by atoms with van der Waals surface area (Å²) >= 11 is 0. The molecule has 0 aromatic carbocycles. The zero-order valence-electron chi connectivity index (χ0n) is 10.5. The Hall–Kier alpha value is -1.56. The maximum Gasteiger partial charge on any atom is 0.320 e. The first-order chi connectivity index (χ1) is 7.96. The van der Waals surface area contributed by atoms with Crippen LogP contribution in [0.5, 0.6) is 0 Å². The summed E-state index contributed by atoms with van der Waals surface area (Å²) < 4.78 is 0. The molecule has 1 aliphatic rings. The van der Waals surface area contributed by atoms with Crippen molar-refractivity contribution in [1.82, 2.24) is 20.8 Å². The number of urea groups is 1. The molecule has 1 aliphatic heterocycles. The molecule has 0 atom stereocenters. The molecule has 2 heterocycles. The number of carbonyl (C=O) groups is 1. The van der Waals surface area contributed by atoms with Crippen LogP contribution in [0.1, 0.15) is 32.0 Å². The fourth-order valence-electron chi connectivity index (χ4n) is 1.81. The number of nitrogens with one attached hydrogen (secondary N) is 4. The van der Waals surface area contributed by atoms with Gasteiger partial charge in [-0.2, -0.15) is 5.10 Å². The maximum absolute atomic E-state index is 11.7. The highest BCUT2D eigenvalue weighted by Gasteiger charge is 2.19. The number of hydrogen-bond donors (Lipinski definition) is 4. The average molecular weight is 237 g/mol. The predicted octanol–water partition coefficient (Wildman–Crippen LogP) is 0.975. The van der Waals surface area contributed by atoms with Gasteiger partial charge in [0.25, 0.3) is 0 Å². The molecule has 6 heteroatoms. The number of fused-ring (bicyclic) bond motifs is 1. The molecule has 1 aromatic rings. The summed E-state index contributed by atoms with van der Waals surface area (Å²) in [5, 5.41) is 16.0. The van der Waals surface area contributed by atoms with Crippen molar-refractivity contribution in [2.24, 2.45) is 0 Å². The van der Waals surface area contributed by atoms with E-state index in [1.165, 1.54) is 0 Å². The van der Waals surface area contributed by atoms with Gasteiger partial charge < -0.3 is 10.6 Å². The molecule has 17 heavy (non-hydrogen) atoms. The molecular weight excluding hydrogens is 218 g/mol. The first-order valence-corrected chi connectivity index (χ1v) is 5.82. The van der Waals surface area contributed by atoms with E-state index in [1.54, 1.807) is 0 Å². The van der Waals surface area contributed by atoms with E-state index in [-0.39, 0.29) is 11.6 Å². The van der Waals surface area contributed by atoms with Gasteiger partial charge in [-0.15, -0.1) is 0 Å². The van der Waals surface area contributed by atoms with E-state index < -0.39 is 0 Å². The predicted molar refractivity (Wildman–Crippen MR) is 65.9 cm³/mol. The molecule has 0 saturated carbocycles. The number of aromatic nitrogens is 2. The first kappa shape index (κ1) is 11.9. The van der Waals surface area contributed by atoms with E-state index in [1.807, 2.05) is 20.8 Å². The molecule has 0 saturated heterocycles. The van der Waals surface area contributed by atoms with Gasteiger partial charge >= 0.3 is 6.03 Å². The largest absolute Gasteiger partial charge is 0.333 e. The third-order valence-electron chi connectivity index (χ3n) is 2.53. The number of aromatic amines is 1. The second-order valence-electron chi connectivity index (χ2n) is 5.29. The van der Waals surface area contributed by atoms with E-state index in [9.17, 15) is 4.79 Å². The number of anilines is 1. The van der Waals surface area contributed by atoms with Crippen molar-refractivity contribution in [2.45, 2.75) is 39.3 Å². The van der Waals surface area contributed by atoms with Gasteiger partial charge in [0.05, 0.1) is 0 Å². The molecule has 1 aromatic heterocycles. The van der Waals surface area contributed by atoms with Crippen LogP contribution in [0.15, 0.2) is 0 Å². The maximum atomic E-state index is 11.7. The van der Waals surface area contributed by atoms with Crippen LogP contribution in [0, 0.1) is 0 Å². The van der Waals surface area contributed by atoms with E-state index >= 15 is 0 Å². The molecule has 0 radical (unpaired) electrons. The number of carbonyl (C=O) groups excluding carboxylic acids is 1. The molecule has 4 N–H and O–H groups in total. The summed E-state index contributed by atoms with van der Waals surface area (Å²) in [5.74, 6) is 0.619. The topological polar surface area (TPSA) is 81.8 Å². The second-order valence-corrected chi connectivity index (χ2v) is 5.29. The molecule has 2 amide bonds. The van der Waals surface area contributed by atoms with Crippen molar-refractivity contribution in [3.63, 3.8) is 0 Å². The minimum Gasteiger partial charge on any atom is -0.333 e. The SMILES string of the molecule is CC(C)(C)NC(=O)Nc1n[nH]c2c1CNCC2. The molecular formula is C11H19N5O. The van der Waals surface area contributed by atoms with Gasteiger partial charge in [0.1, 0.15) is 0 Å². The molecule has 0 unspecified atom stereocenters. The van der Waals surface area contributed by atoms with Gasteiger partial charge in [0.2, 0.25) is 0 Å².